The van der Waals surface area contributed by atoms with Gasteiger partial charge in [0.15, 0.2) is 0 Å². The average Bonchev–Trinajstić information content (AvgIpc) is 2.79. The van der Waals surface area contributed by atoms with E-state index in [0.29, 0.717) is 6.10 Å². The minimum absolute atomic E-state index is 0.590. The summed E-state index contributed by atoms with van der Waals surface area (Å²) in [7, 11) is 0. The summed E-state index contributed by atoms with van der Waals surface area (Å²) in [5, 5.41) is 0. The summed E-state index contributed by atoms with van der Waals surface area (Å²) in [6, 6.07) is 0. The number of rotatable bonds is 12. The van der Waals surface area contributed by atoms with E-state index in [1.807, 2.05) is 0 Å². The van der Waals surface area contributed by atoms with Gasteiger partial charge in [0.25, 0.3) is 0 Å². The fourth-order valence-corrected chi connectivity index (χ4v) is 7.20. The number of unbranched alkanes of at least 4 members (excludes halogenated alkanes) is 2. The molecule has 0 aromatic heterocycles. The van der Waals surface area contributed by atoms with E-state index in [-0.39, 0.29) is 0 Å². The van der Waals surface area contributed by atoms with Gasteiger partial charge >= 0.3 is 0 Å². The normalized spacial score (nSPS) is 35.4. The summed E-state index contributed by atoms with van der Waals surface area (Å²) in [4.78, 5) is 0. The first kappa shape index (κ1) is 24.6. The lowest BCUT2D eigenvalue weighted by Crippen LogP contribution is -2.28. The van der Waals surface area contributed by atoms with Crippen LogP contribution in [0.25, 0.3) is 0 Å². The van der Waals surface area contributed by atoms with Gasteiger partial charge in [0.05, 0.1) is 6.10 Å². The Morgan fingerprint density at radius 3 is 1.57 bits per heavy atom. The minimum Gasteiger partial charge on any atom is -0.378 e. The zero-order valence-corrected chi connectivity index (χ0v) is 20.7. The van der Waals surface area contributed by atoms with Crippen molar-refractivity contribution in [1.82, 2.24) is 0 Å². The molecule has 0 N–H and O–H groups in total. The Bertz CT molecular complexity index is 408. The molecule has 0 heterocycles. The standard InChI is InChI=1S/C29H54O/c1-3-5-6-9-25-15-17-27(18-16-25)28-19-21-29(22-20-28)30-23-7-10-26-13-11-24(8-4-2)12-14-26/h24-29H,3-23H2,1-2H3. The first-order valence-corrected chi connectivity index (χ1v) is 14.4. The summed E-state index contributed by atoms with van der Waals surface area (Å²) >= 11 is 0. The van der Waals surface area contributed by atoms with Crippen LogP contribution >= 0.6 is 0 Å². The van der Waals surface area contributed by atoms with Crippen LogP contribution in [0.5, 0.6) is 0 Å². The second kappa shape index (κ2) is 14.2. The quantitative estimate of drug-likeness (QED) is 0.287. The Labute approximate surface area is 189 Å². The predicted molar refractivity (Wildman–Crippen MR) is 131 cm³/mol. The maximum absolute atomic E-state index is 6.34. The van der Waals surface area contributed by atoms with Crippen LogP contribution in [0.2, 0.25) is 0 Å². The number of hydrogen-bond donors (Lipinski definition) is 0. The molecular weight excluding hydrogens is 364 g/mol. The lowest BCUT2D eigenvalue weighted by molar-refractivity contribution is 0.00367. The molecule has 0 radical (unpaired) electrons. The maximum Gasteiger partial charge on any atom is 0.0575 e. The van der Waals surface area contributed by atoms with Crippen LogP contribution in [0, 0.1) is 29.6 Å². The van der Waals surface area contributed by atoms with Crippen LogP contribution in [0.3, 0.4) is 0 Å². The van der Waals surface area contributed by atoms with Crippen LogP contribution in [0.4, 0.5) is 0 Å². The van der Waals surface area contributed by atoms with E-state index in [1.54, 1.807) is 0 Å². The van der Waals surface area contributed by atoms with Gasteiger partial charge in [-0.15, -0.1) is 0 Å². The average molecular weight is 419 g/mol. The van der Waals surface area contributed by atoms with E-state index in [4.69, 9.17) is 4.74 Å². The first-order valence-electron chi connectivity index (χ1n) is 14.4. The molecule has 0 bridgehead atoms. The van der Waals surface area contributed by atoms with Crippen LogP contribution in [-0.2, 0) is 4.74 Å². The fraction of sp³-hybridized carbons (Fsp3) is 1.00. The summed E-state index contributed by atoms with van der Waals surface area (Å²) in [6.45, 7) is 5.71. The largest absolute Gasteiger partial charge is 0.378 e. The molecule has 0 spiro atoms. The zero-order chi connectivity index (χ0) is 21.0. The van der Waals surface area contributed by atoms with Crippen molar-refractivity contribution in [3.05, 3.63) is 0 Å². The smallest absolute Gasteiger partial charge is 0.0575 e. The van der Waals surface area contributed by atoms with Crippen molar-refractivity contribution < 1.29 is 4.74 Å². The van der Waals surface area contributed by atoms with E-state index >= 15 is 0 Å². The molecule has 0 saturated heterocycles. The highest BCUT2D eigenvalue weighted by Crippen LogP contribution is 2.41. The molecule has 0 aliphatic heterocycles. The van der Waals surface area contributed by atoms with Crippen molar-refractivity contribution >= 4 is 0 Å². The van der Waals surface area contributed by atoms with E-state index in [0.717, 1.165) is 36.2 Å². The molecule has 30 heavy (non-hydrogen) atoms. The van der Waals surface area contributed by atoms with Gasteiger partial charge in [-0.25, -0.2) is 0 Å². The van der Waals surface area contributed by atoms with Crippen molar-refractivity contribution in [2.45, 2.75) is 148 Å². The third-order valence-corrected chi connectivity index (χ3v) is 9.27. The highest BCUT2D eigenvalue weighted by atomic mass is 16.5. The molecule has 1 nitrogen and oxygen atoms in total. The minimum atomic E-state index is 0.590. The van der Waals surface area contributed by atoms with E-state index in [2.05, 4.69) is 13.8 Å². The Morgan fingerprint density at radius 2 is 1.00 bits per heavy atom. The van der Waals surface area contributed by atoms with Gasteiger partial charge in [0.1, 0.15) is 0 Å². The zero-order valence-electron chi connectivity index (χ0n) is 20.7. The van der Waals surface area contributed by atoms with Crippen LogP contribution < -0.4 is 0 Å². The molecule has 3 aliphatic rings. The molecule has 3 rings (SSSR count). The molecule has 0 atom stereocenters. The molecule has 0 unspecified atom stereocenters. The van der Waals surface area contributed by atoms with Crippen molar-refractivity contribution in [3.63, 3.8) is 0 Å². The van der Waals surface area contributed by atoms with Gasteiger partial charge in [0, 0.05) is 6.61 Å². The Morgan fingerprint density at radius 1 is 0.500 bits per heavy atom. The summed E-state index contributed by atoms with van der Waals surface area (Å²) in [5.41, 5.74) is 0. The van der Waals surface area contributed by atoms with Gasteiger partial charge in [-0.05, 0) is 81.0 Å². The van der Waals surface area contributed by atoms with Crippen LogP contribution in [-0.4, -0.2) is 12.7 Å². The third-order valence-electron chi connectivity index (χ3n) is 9.27. The molecule has 3 fully saturated rings. The van der Waals surface area contributed by atoms with Crippen LogP contribution in [0.1, 0.15) is 142 Å². The molecule has 0 aromatic carbocycles. The second-order valence-corrected chi connectivity index (χ2v) is 11.5. The lowest BCUT2D eigenvalue weighted by atomic mass is 9.70. The molecule has 0 aromatic rings. The van der Waals surface area contributed by atoms with Gasteiger partial charge in [0.2, 0.25) is 0 Å². The van der Waals surface area contributed by atoms with E-state index < -0.39 is 0 Å². The molecule has 1 heteroatoms. The van der Waals surface area contributed by atoms with E-state index in [9.17, 15) is 0 Å². The molecule has 176 valence electrons. The number of ether oxygens (including phenoxy) is 1. The van der Waals surface area contributed by atoms with Gasteiger partial charge in [-0.3, -0.25) is 0 Å². The molecular formula is C29H54O. The third kappa shape index (κ3) is 8.48. The highest BCUT2D eigenvalue weighted by Gasteiger charge is 2.31. The van der Waals surface area contributed by atoms with Gasteiger partial charge < -0.3 is 4.74 Å². The van der Waals surface area contributed by atoms with Crippen molar-refractivity contribution in [1.29, 1.82) is 0 Å². The lowest BCUT2D eigenvalue weighted by Gasteiger charge is -2.38. The van der Waals surface area contributed by atoms with Gasteiger partial charge in [-0.1, -0.05) is 90.9 Å². The highest BCUT2D eigenvalue weighted by molar-refractivity contribution is 4.82. The molecule has 3 saturated carbocycles. The summed E-state index contributed by atoms with van der Waals surface area (Å²) in [6.07, 6.45) is 29.7. The van der Waals surface area contributed by atoms with Crippen LogP contribution in [0.15, 0.2) is 0 Å². The summed E-state index contributed by atoms with van der Waals surface area (Å²) < 4.78 is 6.34. The first-order chi connectivity index (χ1) is 14.8. The Kier molecular flexibility index (Phi) is 11.6. The Hall–Kier alpha value is -0.0400. The van der Waals surface area contributed by atoms with Crippen molar-refractivity contribution in [2.75, 3.05) is 6.61 Å². The van der Waals surface area contributed by atoms with Gasteiger partial charge in [-0.2, -0.15) is 0 Å². The second-order valence-electron chi connectivity index (χ2n) is 11.5. The van der Waals surface area contributed by atoms with Crippen molar-refractivity contribution in [3.8, 4) is 0 Å². The Balaban J connectivity index is 1.19. The fourth-order valence-electron chi connectivity index (χ4n) is 7.20. The monoisotopic (exact) mass is 418 g/mol. The number of hydrogen-bond acceptors (Lipinski definition) is 1. The van der Waals surface area contributed by atoms with Crippen molar-refractivity contribution in [2.24, 2.45) is 29.6 Å². The molecule has 0 amide bonds. The maximum atomic E-state index is 6.34. The SMILES string of the molecule is CCCCCC1CCC(C2CCC(OCCCC3CCC(CCC)CC3)CC2)CC1. The van der Waals surface area contributed by atoms with E-state index in [1.165, 1.54) is 128 Å². The topological polar surface area (TPSA) is 9.23 Å². The molecule has 3 aliphatic carbocycles. The summed E-state index contributed by atoms with van der Waals surface area (Å²) in [5.74, 6) is 5.20. The predicted octanol–water partition coefficient (Wildman–Crippen LogP) is 9.34.